The Labute approximate surface area is 166 Å². The molecule has 0 aliphatic heterocycles. The predicted octanol–water partition coefficient (Wildman–Crippen LogP) is 3.43. The normalized spacial score (nSPS) is 10.3. The first-order valence-electron chi connectivity index (χ1n) is 7.08. The van der Waals surface area contributed by atoms with Gasteiger partial charge in [-0.15, -0.1) is 0 Å². The second-order valence-corrected chi connectivity index (χ2v) is 7.01. The average Bonchev–Trinajstić information content (AvgIpc) is 2.92. The summed E-state index contributed by atoms with van der Waals surface area (Å²) in [6, 6.07) is 13.2. The lowest BCUT2D eigenvalue weighted by Gasteiger charge is -2.06. The number of halogens is 4. The van der Waals surface area contributed by atoms with Gasteiger partial charge in [-0.3, -0.25) is 0 Å². The number of nitrogens with one attached hydrogen (secondary N) is 1. The summed E-state index contributed by atoms with van der Waals surface area (Å²) in [5.41, 5.74) is 2.89. The maximum Gasteiger partial charge on any atom is 0.339 e. The van der Waals surface area contributed by atoms with Crippen LogP contribution in [0.4, 0.5) is 10.8 Å². The van der Waals surface area contributed by atoms with Crippen molar-refractivity contribution in [3.63, 3.8) is 0 Å². The van der Waals surface area contributed by atoms with Gasteiger partial charge in [-0.2, -0.15) is 0 Å². The Hall–Kier alpha value is -0.970. The molecular weight excluding hydrogens is 406 g/mol. The van der Waals surface area contributed by atoms with Gasteiger partial charge in [0.25, 0.3) is 0 Å². The van der Waals surface area contributed by atoms with Crippen LogP contribution in [0, 0.1) is 0 Å². The summed E-state index contributed by atoms with van der Waals surface area (Å²) in [6.07, 6.45) is 0. The zero-order valence-corrected chi connectivity index (χ0v) is 16.5. The minimum absolute atomic E-state index is 0. The van der Waals surface area contributed by atoms with Crippen molar-refractivity contribution >= 4 is 57.0 Å². The van der Waals surface area contributed by atoms with Crippen molar-refractivity contribution < 1.29 is 17.0 Å². The predicted molar refractivity (Wildman–Crippen MR) is 100 cm³/mol. The van der Waals surface area contributed by atoms with Gasteiger partial charge in [0.1, 0.15) is 11.4 Å². The fourth-order valence-corrected chi connectivity index (χ4v) is 4.03. The summed E-state index contributed by atoms with van der Waals surface area (Å²) in [5, 5.41) is 8.44. The second-order valence-electron chi connectivity index (χ2n) is 4.90. The standard InChI is InChI=1S/C17H13Cl3N2S.ClH/c1-2-22-16(12-8-7-11(18)9-14(12)20)10-23-17(22)21-15-6-4-3-5-13(15)19;/h3-10H,2H2,1H3;1H. The van der Waals surface area contributed by atoms with E-state index in [2.05, 4.69) is 22.2 Å². The fourth-order valence-electron chi connectivity index (χ4n) is 2.34. The number of nitrogens with zero attached hydrogens (tertiary/aromatic N) is 1. The number of benzene rings is 2. The maximum atomic E-state index is 6.35. The third-order valence-electron chi connectivity index (χ3n) is 3.46. The highest BCUT2D eigenvalue weighted by Crippen LogP contribution is 2.33. The first kappa shape index (κ1) is 19.4. The highest BCUT2D eigenvalue weighted by Gasteiger charge is 2.20. The van der Waals surface area contributed by atoms with Gasteiger partial charge in [-0.25, -0.2) is 9.88 Å². The van der Waals surface area contributed by atoms with Crippen molar-refractivity contribution in [3.05, 3.63) is 62.9 Å². The molecule has 0 amide bonds. The average molecular weight is 420 g/mol. The smallest absolute Gasteiger partial charge is 0.339 e. The molecule has 2 nitrogen and oxygen atoms in total. The monoisotopic (exact) mass is 418 g/mol. The molecule has 7 heteroatoms. The summed E-state index contributed by atoms with van der Waals surface area (Å²) in [4.78, 5) is 0. The van der Waals surface area contributed by atoms with Gasteiger partial charge < -0.3 is 12.4 Å². The Morgan fingerprint density at radius 1 is 1.04 bits per heavy atom. The zero-order chi connectivity index (χ0) is 16.4. The third kappa shape index (κ3) is 3.98. The second kappa shape index (κ2) is 8.41. The molecule has 1 heterocycles. The third-order valence-corrected chi connectivity index (χ3v) is 5.22. The van der Waals surface area contributed by atoms with Crippen molar-refractivity contribution in [1.82, 2.24) is 0 Å². The van der Waals surface area contributed by atoms with E-state index in [-0.39, 0.29) is 12.4 Å². The van der Waals surface area contributed by atoms with Gasteiger partial charge >= 0.3 is 5.13 Å². The van der Waals surface area contributed by atoms with Gasteiger partial charge in [0, 0.05) is 16.0 Å². The minimum atomic E-state index is 0. The number of anilines is 2. The quantitative estimate of drug-likeness (QED) is 0.640. The maximum absolute atomic E-state index is 6.35. The fraction of sp³-hybridized carbons (Fsp3) is 0.118. The number of rotatable bonds is 4. The van der Waals surface area contributed by atoms with E-state index in [1.165, 1.54) is 0 Å². The number of aromatic nitrogens is 1. The Morgan fingerprint density at radius 3 is 2.46 bits per heavy atom. The topological polar surface area (TPSA) is 15.9 Å². The van der Waals surface area contributed by atoms with Gasteiger partial charge in [0.2, 0.25) is 0 Å². The molecule has 0 atom stereocenters. The van der Waals surface area contributed by atoms with E-state index >= 15 is 0 Å². The summed E-state index contributed by atoms with van der Waals surface area (Å²) >= 11 is 20.2. The highest BCUT2D eigenvalue weighted by molar-refractivity contribution is 7.13. The molecule has 3 rings (SSSR count). The van der Waals surface area contributed by atoms with Crippen LogP contribution in [-0.4, -0.2) is 0 Å². The van der Waals surface area contributed by atoms with Crippen molar-refractivity contribution in [2.24, 2.45) is 0 Å². The van der Waals surface area contributed by atoms with E-state index < -0.39 is 0 Å². The van der Waals surface area contributed by atoms with Crippen molar-refractivity contribution in [1.29, 1.82) is 0 Å². The van der Waals surface area contributed by atoms with Crippen LogP contribution in [-0.2, 0) is 6.54 Å². The van der Waals surface area contributed by atoms with E-state index in [0.717, 1.165) is 28.6 Å². The summed E-state index contributed by atoms with van der Waals surface area (Å²) < 4.78 is 2.17. The number of para-hydroxylation sites is 1. The van der Waals surface area contributed by atoms with Crippen LogP contribution >= 0.6 is 46.1 Å². The largest absolute Gasteiger partial charge is 1.00 e. The Balaban J connectivity index is 0.00000208. The van der Waals surface area contributed by atoms with E-state index in [0.29, 0.717) is 15.1 Å². The number of thiazole rings is 1. The Bertz CT molecular complexity index is 848. The lowest BCUT2D eigenvalue weighted by molar-refractivity contribution is -0.664. The molecule has 126 valence electrons. The molecule has 0 saturated carbocycles. The van der Waals surface area contributed by atoms with Crippen LogP contribution in [0.5, 0.6) is 0 Å². The van der Waals surface area contributed by atoms with E-state index in [4.69, 9.17) is 34.8 Å². The van der Waals surface area contributed by atoms with E-state index in [1.54, 1.807) is 17.4 Å². The van der Waals surface area contributed by atoms with Crippen LogP contribution in [0.2, 0.25) is 15.1 Å². The van der Waals surface area contributed by atoms with Gasteiger partial charge in [-0.1, -0.05) is 58.3 Å². The molecule has 0 unspecified atom stereocenters. The Kier molecular flexibility index (Phi) is 6.79. The minimum Gasteiger partial charge on any atom is -1.00 e. The van der Waals surface area contributed by atoms with Crippen molar-refractivity contribution in [2.75, 3.05) is 5.32 Å². The van der Waals surface area contributed by atoms with Gasteiger partial charge in [-0.05, 0) is 37.3 Å². The number of hydrogen-bond acceptors (Lipinski definition) is 2. The molecule has 0 radical (unpaired) electrons. The van der Waals surface area contributed by atoms with E-state index in [1.807, 2.05) is 36.4 Å². The Morgan fingerprint density at radius 2 is 1.79 bits per heavy atom. The lowest BCUT2D eigenvalue weighted by atomic mass is 10.1. The molecule has 0 bridgehead atoms. The highest BCUT2D eigenvalue weighted by atomic mass is 35.5. The van der Waals surface area contributed by atoms with Crippen molar-refractivity contribution in [2.45, 2.75) is 13.5 Å². The number of hydrogen-bond donors (Lipinski definition) is 1. The van der Waals surface area contributed by atoms with Crippen LogP contribution in [0.3, 0.4) is 0 Å². The lowest BCUT2D eigenvalue weighted by Crippen LogP contribution is -3.00. The van der Waals surface area contributed by atoms with Gasteiger partial charge in [0.05, 0.1) is 16.6 Å². The van der Waals surface area contributed by atoms with E-state index in [9.17, 15) is 0 Å². The molecule has 2 aromatic carbocycles. The molecule has 0 fully saturated rings. The zero-order valence-electron chi connectivity index (χ0n) is 12.7. The molecular formula is C17H14Cl4N2S. The molecule has 0 spiro atoms. The summed E-state index contributed by atoms with van der Waals surface area (Å²) in [5.74, 6) is 0. The molecule has 24 heavy (non-hydrogen) atoms. The molecule has 1 N–H and O–H groups in total. The van der Waals surface area contributed by atoms with Crippen molar-refractivity contribution in [3.8, 4) is 11.3 Å². The first-order valence-corrected chi connectivity index (χ1v) is 9.09. The summed E-state index contributed by atoms with van der Waals surface area (Å²) in [7, 11) is 0. The molecule has 0 aliphatic carbocycles. The first-order chi connectivity index (χ1) is 11.1. The SMILES string of the molecule is CC[n+]1c(-c2ccc(Cl)cc2Cl)csc1Nc1ccccc1Cl.[Cl-]. The summed E-state index contributed by atoms with van der Waals surface area (Å²) in [6.45, 7) is 2.91. The van der Waals surface area contributed by atoms with Crippen LogP contribution < -0.4 is 22.3 Å². The molecule has 1 aromatic heterocycles. The van der Waals surface area contributed by atoms with Crippen LogP contribution in [0.25, 0.3) is 11.3 Å². The molecule has 0 aliphatic rings. The van der Waals surface area contributed by atoms with Gasteiger partial charge in [0.15, 0.2) is 0 Å². The molecule has 3 aromatic rings. The van der Waals surface area contributed by atoms with Crippen LogP contribution in [0.15, 0.2) is 47.8 Å². The van der Waals surface area contributed by atoms with Crippen LogP contribution in [0.1, 0.15) is 6.92 Å². The molecule has 0 saturated heterocycles.